The predicted molar refractivity (Wildman–Crippen MR) is 146 cm³/mol. The quantitative estimate of drug-likeness (QED) is 0.227. The van der Waals surface area contributed by atoms with Gasteiger partial charge in [-0.25, -0.2) is 0 Å². The molecule has 150 valence electrons. The largest absolute Gasteiger partial charge is 0.140 e. The summed E-state index contributed by atoms with van der Waals surface area (Å²) in [5, 5.41) is 5.50. The number of aryl methyl sites for hydroxylation is 2. The molecule has 0 N–H and O–H groups in total. The summed E-state index contributed by atoms with van der Waals surface area (Å²) in [7, 11) is 0. The summed E-state index contributed by atoms with van der Waals surface area (Å²) in [5.74, 6) is 0. The Morgan fingerprint density at radius 1 is 0.419 bits per heavy atom. The van der Waals surface area contributed by atoms with Gasteiger partial charge >= 0.3 is 0 Å². The summed E-state index contributed by atoms with van der Waals surface area (Å²) in [6, 6.07) is 23.3. The van der Waals surface area contributed by atoms with Crippen LogP contribution in [-0.4, -0.2) is 0 Å². The summed E-state index contributed by atoms with van der Waals surface area (Å²) >= 11 is 9.52. The fourth-order valence-corrected chi connectivity index (χ4v) is 9.58. The van der Waals surface area contributed by atoms with Gasteiger partial charge in [0.25, 0.3) is 0 Å². The second kappa shape index (κ2) is 6.74. The molecule has 0 spiro atoms. The number of fused-ring (bicyclic) bond motifs is 5. The third kappa shape index (κ3) is 2.95. The number of hydrogen-bond donors (Lipinski definition) is 0. The van der Waals surface area contributed by atoms with Crippen molar-refractivity contribution in [1.82, 2.24) is 0 Å². The molecule has 0 radical (unpaired) electrons. The maximum Gasteiger partial charge on any atom is 0.0455 e. The molecule has 2 aromatic carbocycles. The van der Waals surface area contributed by atoms with E-state index in [0.29, 0.717) is 0 Å². The first-order valence-corrected chi connectivity index (χ1v) is 14.2. The maximum atomic E-state index is 2.41. The van der Waals surface area contributed by atoms with E-state index in [1.54, 1.807) is 0 Å². The molecule has 5 heteroatoms. The zero-order chi connectivity index (χ0) is 20.7. The zero-order valence-corrected chi connectivity index (χ0v) is 20.9. The lowest BCUT2D eigenvalue weighted by Crippen LogP contribution is -1.67. The van der Waals surface area contributed by atoms with Crippen molar-refractivity contribution in [1.29, 1.82) is 0 Å². The van der Waals surface area contributed by atoms with E-state index in [0.717, 1.165) is 0 Å². The third-order valence-corrected chi connectivity index (χ3v) is 11.4. The number of rotatable bonds is 2. The first-order chi connectivity index (χ1) is 15.1. The van der Waals surface area contributed by atoms with Crippen LogP contribution < -0.4 is 0 Å². The summed E-state index contributed by atoms with van der Waals surface area (Å²) in [4.78, 5) is 8.26. The van der Waals surface area contributed by atoms with Crippen molar-refractivity contribution in [2.75, 3.05) is 0 Å². The van der Waals surface area contributed by atoms with E-state index in [4.69, 9.17) is 0 Å². The minimum Gasteiger partial charge on any atom is -0.140 e. The van der Waals surface area contributed by atoms with E-state index >= 15 is 0 Å². The highest BCUT2D eigenvalue weighted by Crippen LogP contribution is 2.45. The van der Waals surface area contributed by atoms with Crippen LogP contribution in [0.1, 0.15) is 9.75 Å². The molecular weight excluding hydrogens is 473 g/mol. The molecule has 0 bridgehead atoms. The third-order valence-electron chi connectivity index (χ3n) is 5.71. The van der Waals surface area contributed by atoms with Crippen LogP contribution in [0.25, 0.3) is 59.9 Å². The van der Waals surface area contributed by atoms with E-state index in [1.807, 2.05) is 56.7 Å². The second-order valence-electron chi connectivity index (χ2n) is 7.92. The van der Waals surface area contributed by atoms with Crippen molar-refractivity contribution in [3.63, 3.8) is 0 Å². The standard InChI is InChI=1S/C26H16S5/c1-13-3-5-19(27-13)25-9-15-7-17-18-8-16-10-26(20-6-4-14(2)28-20)30-22(16)12-24(18)31-23(17)11-21(15)29-25/h3-12H,1-2H3. The van der Waals surface area contributed by atoms with Crippen molar-refractivity contribution < 1.29 is 0 Å². The van der Waals surface area contributed by atoms with Crippen LogP contribution in [-0.2, 0) is 0 Å². The van der Waals surface area contributed by atoms with E-state index in [1.165, 1.54) is 69.6 Å². The lowest BCUT2D eigenvalue weighted by atomic mass is 10.1. The lowest BCUT2D eigenvalue weighted by molar-refractivity contribution is 1.64. The highest BCUT2D eigenvalue weighted by molar-refractivity contribution is 7.29. The molecule has 0 aliphatic carbocycles. The Morgan fingerprint density at radius 3 is 1.32 bits per heavy atom. The van der Waals surface area contributed by atoms with Crippen molar-refractivity contribution in [2.24, 2.45) is 0 Å². The highest BCUT2D eigenvalue weighted by atomic mass is 32.1. The van der Waals surface area contributed by atoms with Gasteiger partial charge in [-0.1, -0.05) is 0 Å². The van der Waals surface area contributed by atoms with Crippen LogP contribution in [0.2, 0.25) is 0 Å². The summed E-state index contributed by atoms with van der Waals surface area (Å²) < 4.78 is 5.56. The zero-order valence-electron chi connectivity index (χ0n) is 16.8. The molecular formula is C26H16S5. The summed E-state index contributed by atoms with van der Waals surface area (Å²) in [5.41, 5.74) is 0. The monoisotopic (exact) mass is 488 g/mol. The molecule has 0 aliphatic rings. The minimum absolute atomic E-state index is 1.36. The van der Waals surface area contributed by atoms with Crippen LogP contribution in [0, 0.1) is 13.8 Å². The van der Waals surface area contributed by atoms with Gasteiger partial charge in [-0.05, 0) is 85.3 Å². The Morgan fingerprint density at radius 2 is 0.903 bits per heavy atom. The molecule has 7 rings (SSSR count). The predicted octanol–water partition coefficient (Wildman–Crippen LogP) is 10.6. The van der Waals surface area contributed by atoms with Crippen LogP contribution in [0.4, 0.5) is 0 Å². The Balaban J connectivity index is 1.42. The average Bonchev–Trinajstić information content (AvgIpc) is 3.54. The number of hydrogen-bond acceptors (Lipinski definition) is 5. The van der Waals surface area contributed by atoms with Gasteiger partial charge in [0.1, 0.15) is 0 Å². The summed E-state index contributed by atoms with van der Waals surface area (Å²) in [6.07, 6.45) is 0. The number of thiophene rings is 5. The molecule has 5 heterocycles. The van der Waals surface area contributed by atoms with E-state index in [2.05, 4.69) is 74.5 Å². The van der Waals surface area contributed by atoms with Gasteiger partial charge in [0.05, 0.1) is 0 Å². The Labute approximate surface area is 199 Å². The van der Waals surface area contributed by atoms with Gasteiger partial charge in [0.2, 0.25) is 0 Å². The molecule has 31 heavy (non-hydrogen) atoms. The van der Waals surface area contributed by atoms with E-state index in [-0.39, 0.29) is 0 Å². The first-order valence-electron chi connectivity index (χ1n) is 10.1. The number of benzene rings is 2. The Hall–Kier alpha value is -2.02. The topological polar surface area (TPSA) is 0 Å². The van der Waals surface area contributed by atoms with Crippen LogP contribution in [0.5, 0.6) is 0 Å². The fourth-order valence-electron chi connectivity index (χ4n) is 4.22. The molecule has 0 nitrogen and oxygen atoms in total. The molecule has 0 fully saturated rings. The van der Waals surface area contributed by atoms with Gasteiger partial charge in [0, 0.05) is 58.8 Å². The molecule has 0 atom stereocenters. The molecule has 0 unspecified atom stereocenters. The fraction of sp³-hybridized carbons (Fsp3) is 0.0769. The smallest absolute Gasteiger partial charge is 0.0455 e. The van der Waals surface area contributed by atoms with Gasteiger partial charge in [-0.15, -0.1) is 56.7 Å². The molecule has 5 aromatic heterocycles. The second-order valence-corrected chi connectivity index (χ2v) is 13.7. The SMILES string of the molecule is Cc1ccc(-c2cc3cc4c(cc3s2)sc2cc3sc(-c5ccc(C)s5)cc3cc24)s1. The van der Waals surface area contributed by atoms with Gasteiger partial charge in [-0.3, -0.25) is 0 Å². The molecule has 0 saturated heterocycles. The van der Waals surface area contributed by atoms with Gasteiger partial charge in [-0.2, -0.15) is 0 Å². The van der Waals surface area contributed by atoms with Crippen LogP contribution >= 0.6 is 56.7 Å². The molecule has 0 saturated carbocycles. The van der Waals surface area contributed by atoms with E-state index in [9.17, 15) is 0 Å². The lowest BCUT2D eigenvalue weighted by Gasteiger charge is -1.94. The molecule has 0 amide bonds. The average molecular weight is 489 g/mol. The maximum absolute atomic E-state index is 2.41. The summed E-state index contributed by atoms with van der Waals surface area (Å²) in [6.45, 7) is 4.36. The molecule has 0 aliphatic heterocycles. The van der Waals surface area contributed by atoms with Crippen molar-refractivity contribution >= 4 is 97.0 Å². The van der Waals surface area contributed by atoms with Gasteiger partial charge in [0.15, 0.2) is 0 Å². The highest BCUT2D eigenvalue weighted by Gasteiger charge is 2.13. The first kappa shape index (κ1) is 18.5. The minimum atomic E-state index is 1.36. The van der Waals surface area contributed by atoms with Crippen molar-refractivity contribution in [3.05, 3.63) is 70.4 Å². The Kier molecular flexibility index (Phi) is 4.03. The van der Waals surface area contributed by atoms with Crippen LogP contribution in [0.3, 0.4) is 0 Å². The van der Waals surface area contributed by atoms with Gasteiger partial charge < -0.3 is 0 Å². The van der Waals surface area contributed by atoms with Crippen molar-refractivity contribution in [2.45, 2.75) is 13.8 Å². The van der Waals surface area contributed by atoms with Crippen LogP contribution in [0.15, 0.2) is 60.7 Å². The van der Waals surface area contributed by atoms with Crippen molar-refractivity contribution in [3.8, 4) is 19.5 Å². The Bertz CT molecular complexity index is 1630. The molecule has 7 aromatic rings. The normalized spacial score (nSPS) is 12.2. The van der Waals surface area contributed by atoms with E-state index < -0.39 is 0 Å².